The number of ether oxygens (including phenoxy) is 3. The number of fused-ring (bicyclic) bond motifs is 2. The predicted molar refractivity (Wildman–Crippen MR) is 151 cm³/mol. The Morgan fingerprint density at radius 3 is 2.32 bits per heavy atom. The molecule has 0 aliphatic carbocycles. The van der Waals surface area contributed by atoms with Crippen LogP contribution in [0.2, 0.25) is 5.28 Å². The maximum atomic E-state index is 6.48. The first-order valence-corrected chi connectivity index (χ1v) is 13.9. The second-order valence-electron chi connectivity index (χ2n) is 10.7. The van der Waals surface area contributed by atoms with Crippen LogP contribution in [-0.4, -0.2) is 59.2 Å². The van der Waals surface area contributed by atoms with E-state index in [2.05, 4.69) is 59.7 Å². The van der Waals surface area contributed by atoms with E-state index in [1.807, 2.05) is 61.7 Å². The molecule has 0 radical (unpaired) electrons. The maximum Gasteiger partial charge on any atom is 0.226 e. The molecule has 2 aliphatic heterocycles. The Labute approximate surface area is 241 Å². The summed E-state index contributed by atoms with van der Waals surface area (Å²) >= 11 is 6.47. The molecule has 2 aromatic carbocycles. The number of aromatic nitrogens is 7. The number of aromatic amines is 1. The highest BCUT2D eigenvalue weighted by Crippen LogP contribution is 2.49. The highest BCUT2D eigenvalue weighted by molar-refractivity contribution is 6.28. The maximum absolute atomic E-state index is 6.48. The standard InChI is InChI=1S/C29H29ClN8O3/c1-16-33-25(37-36-16)22-21-23(41-29(2,3)40-21)27(39-22)38-15-32-20-24(34-28(30)35-26(20)38)31-14-19(17-10-6-4-7-11-17)18-12-8-5-9-13-18/h4-13,15,19,21-23,27H,14H2,1-3H3,(H,31,34,35)(H,33,36,37)/t21-,22+,23-,27-/m1/s1. The van der Waals surface area contributed by atoms with Gasteiger partial charge in [0, 0.05) is 12.5 Å². The van der Waals surface area contributed by atoms with Crippen molar-refractivity contribution in [2.45, 2.75) is 57.0 Å². The molecular formula is C29H29ClN8O3. The van der Waals surface area contributed by atoms with Gasteiger partial charge in [-0.2, -0.15) is 9.97 Å². The second-order valence-corrected chi connectivity index (χ2v) is 11.1. The number of aryl methyl sites for hydroxylation is 1. The minimum atomic E-state index is -0.801. The molecule has 0 unspecified atom stereocenters. The van der Waals surface area contributed by atoms with Gasteiger partial charge >= 0.3 is 0 Å². The van der Waals surface area contributed by atoms with Crippen LogP contribution in [0.3, 0.4) is 0 Å². The lowest BCUT2D eigenvalue weighted by Crippen LogP contribution is -2.27. The molecule has 2 aliphatic rings. The minimum absolute atomic E-state index is 0.0830. The number of anilines is 1. The quantitative estimate of drug-likeness (QED) is 0.261. The number of hydrogen-bond acceptors (Lipinski definition) is 9. The summed E-state index contributed by atoms with van der Waals surface area (Å²) in [5, 5.41) is 11.9. The van der Waals surface area contributed by atoms with Crippen molar-refractivity contribution in [3.8, 4) is 0 Å². The molecule has 7 rings (SSSR count). The van der Waals surface area contributed by atoms with Crippen molar-refractivity contribution in [2.75, 3.05) is 11.9 Å². The van der Waals surface area contributed by atoms with Crippen molar-refractivity contribution in [2.24, 2.45) is 0 Å². The smallest absolute Gasteiger partial charge is 0.226 e. The molecule has 0 saturated carbocycles. The normalized spacial score (nSPS) is 23.3. The largest absolute Gasteiger partial charge is 0.367 e. The molecule has 4 atom stereocenters. The molecule has 11 nitrogen and oxygen atoms in total. The van der Waals surface area contributed by atoms with Gasteiger partial charge in [0.05, 0.1) is 6.33 Å². The summed E-state index contributed by atoms with van der Waals surface area (Å²) < 4.78 is 20.9. The molecule has 0 amide bonds. The van der Waals surface area contributed by atoms with Crippen LogP contribution in [0.4, 0.5) is 5.82 Å². The molecular weight excluding hydrogens is 544 g/mol. The van der Waals surface area contributed by atoms with E-state index in [4.69, 9.17) is 25.8 Å². The summed E-state index contributed by atoms with van der Waals surface area (Å²) in [4.78, 5) is 16.9. The number of nitrogens with zero attached hydrogens (tertiary/aromatic N) is 6. The first-order valence-electron chi connectivity index (χ1n) is 13.5. The van der Waals surface area contributed by atoms with E-state index >= 15 is 0 Å². The van der Waals surface area contributed by atoms with Gasteiger partial charge < -0.3 is 24.5 Å². The molecule has 2 fully saturated rings. The average molecular weight is 573 g/mol. The Morgan fingerprint density at radius 1 is 0.976 bits per heavy atom. The van der Waals surface area contributed by atoms with Gasteiger partial charge in [0.2, 0.25) is 5.28 Å². The highest BCUT2D eigenvalue weighted by atomic mass is 35.5. The highest BCUT2D eigenvalue weighted by Gasteiger charge is 2.57. The monoisotopic (exact) mass is 572 g/mol. The summed E-state index contributed by atoms with van der Waals surface area (Å²) in [6.07, 6.45) is -0.284. The van der Waals surface area contributed by atoms with Crippen LogP contribution >= 0.6 is 11.6 Å². The molecule has 5 heterocycles. The molecule has 0 bridgehead atoms. The molecule has 41 heavy (non-hydrogen) atoms. The topological polar surface area (TPSA) is 125 Å². The molecule has 3 aromatic heterocycles. The molecule has 2 saturated heterocycles. The number of halogens is 1. The predicted octanol–water partition coefficient (Wildman–Crippen LogP) is 4.94. The van der Waals surface area contributed by atoms with Crippen LogP contribution in [-0.2, 0) is 14.2 Å². The van der Waals surface area contributed by atoms with Gasteiger partial charge in [-0.1, -0.05) is 60.7 Å². The number of hydrogen-bond donors (Lipinski definition) is 2. The fourth-order valence-electron chi connectivity index (χ4n) is 5.71. The van der Waals surface area contributed by atoms with E-state index in [0.717, 1.165) is 0 Å². The summed E-state index contributed by atoms with van der Waals surface area (Å²) in [7, 11) is 0. The van der Waals surface area contributed by atoms with Crippen molar-refractivity contribution >= 4 is 28.6 Å². The molecule has 210 valence electrons. The first-order chi connectivity index (χ1) is 19.9. The third-order valence-corrected chi connectivity index (χ3v) is 7.63. The molecule has 12 heteroatoms. The lowest BCUT2D eigenvalue weighted by molar-refractivity contribution is -0.198. The zero-order valence-electron chi connectivity index (χ0n) is 22.7. The van der Waals surface area contributed by atoms with Gasteiger partial charge in [-0.15, -0.1) is 10.2 Å². The van der Waals surface area contributed by atoms with Gasteiger partial charge in [0.15, 0.2) is 34.8 Å². The zero-order chi connectivity index (χ0) is 28.1. The van der Waals surface area contributed by atoms with Crippen LogP contribution in [0.5, 0.6) is 0 Å². The van der Waals surface area contributed by atoms with Crippen LogP contribution < -0.4 is 5.32 Å². The molecule has 0 spiro atoms. The lowest BCUT2D eigenvalue weighted by atomic mass is 9.91. The number of imidazole rings is 1. The number of benzene rings is 2. The third kappa shape index (κ3) is 4.84. The third-order valence-electron chi connectivity index (χ3n) is 7.46. The van der Waals surface area contributed by atoms with E-state index < -0.39 is 30.3 Å². The van der Waals surface area contributed by atoms with Crippen LogP contribution in [0.25, 0.3) is 11.2 Å². The van der Waals surface area contributed by atoms with Crippen molar-refractivity contribution in [3.05, 3.63) is 95.1 Å². The number of rotatable bonds is 7. The van der Waals surface area contributed by atoms with Crippen LogP contribution in [0, 0.1) is 6.92 Å². The van der Waals surface area contributed by atoms with Gasteiger partial charge in [-0.25, -0.2) is 4.98 Å². The summed E-state index contributed by atoms with van der Waals surface area (Å²) in [5.41, 5.74) is 3.47. The Hall–Kier alpha value is -3.90. The van der Waals surface area contributed by atoms with E-state index in [1.54, 1.807) is 6.33 Å². The SMILES string of the molecule is Cc1nnc([C@H]2O[C@@H](n3cnc4c(NCC(c5ccccc5)c5ccccc5)nc(Cl)nc43)[C@@H]3OC(C)(C)O[C@@H]32)[nH]1. The van der Waals surface area contributed by atoms with Gasteiger partial charge in [-0.05, 0) is 43.5 Å². The number of nitrogens with one attached hydrogen (secondary N) is 2. The van der Waals surface area contributed by atoms with E-state index in [0.29, 0.717) is 35.2 Å². The number of H-pyrrole nitrogens is 1. The molecule has 5 aromatic rings. The summed E-state index contributed by atoms with van der Waals surface area (Å²) in [6, 6.07) is 20.7. The zero-order valence-corrected chi connectivity index (χ0v) is 23.5. The summed E-state index contributed by atoms with van der Waals surface area (Å²) in [6.45, 7) is 6.18. The Balaban J connectivity index is 1.22. The first kappa shape index (κ1) is 26.0. The Kier molecular flexibility index (Phi) is 6.46. The Morgan fingerprint density at radius 2 is 1.66 bits per heavy atom. The fourth-order valence-corrected chi connectivity index (χ4v) is 5.87. The van der Waals surface area contributed by atoms with Crippen LogP contribution in [0.1, 0.15) is 54.9 Å². The van der Waals surface area contributed by atoms with Gasteiger partial charge in [-0.3, -0.25) is 4.57 Å². The van der Waals surface area contributed by atoms with E-state index in [9.17, 15) is 0 Å². The Bertz CT molecular complexity index is 1640. The van der Waals surface area contributed by atoms with Crippen molar-refractivity contribution in [1.29, 1.82) is 0 Å². The molecule has 2 N–H and O–H groups in total. The van der Waals surface area contributed by atoms with Crippen molar-refractivity contribution < 1.29 is 14.2 Å². The van der Waals surface area contributed by atoms with E-state index in [1.165, 1.54) is 11.1 Å². The second kappa shape index (κ2) is 10.2. The lowest BCUT2D eigenvalue weighted by Gasteiger charge is -2.24. The van der Waals surface area contributed by atoms with Crippen LogP contribution in [0.15, 0.2) is 67.0 Å². The van der Waals surface area contributed by atoms with Gasteiger partial charge in [0.1, 0.15) is 24.1 Å². The van der Waals surface area contributed by atoms with Crippen molar-refractivity contribution in [1.82, 2.24) is 34.7 Å². The van der Waals surface area contributed by atoms with E-state index in [-0.39, 0.29) is 11.2 Å². The van der Waals surface area contributed by atoms with Gasteiger partial charge in [0.25, 0.3) is 0 Å². The minimum Gasteiger partial charge on any atom is -0.367 e. The average Bonchev–Trinajstić information content (AvgIpc) is 3.72. The summed E-state index contributed by atoms with van der Waals surface area (Å²) in [5.74, 6) is 1.09. The van der Waals surface area contributed by atoms with Crippen molar-refractivity contribution in [3.63, 3.8) is 0 Å². The fraction of sp³-hybridized carbons (Fsp3) is 0.345.